The molecule has 0 saturated carbocycles. The number of phenolic OH excluding ortho intramolecular Hbond substituents is 1. The standard InChI is InChI=1S/C19H12F3N3O2S.C7H11NO2.H2/c20-14-5-13(16-9-25-19(28-16)17(21)22)15(26)6-12(14)18(27)24-8-11-3-1-10(7-23)2-4-11;9-7-8-4-2-1-3-6(8)5-10-7;/h1-6,9,17,26H,8H2,(H,24,27);6H,1-5H2;1H/t;6-;/m.0./s1. The minimum Gasteiger partial charge on any atom is -0.507 e. The van der Waals surface area contributed by atoms with E-state index in [0.717, 1.165) is 37.7 Å². The molecule has 5 rings (SSSR count). The number of halogens is 3. The molecule has 2 aliphatic rings. The van der Waals surface area contributed by atoms with Gasteiger partial charge in [0.05, 0.1) is 28.1 Å². The molecule has 0 bridgehead atoms. The van der Waals surface area contributed by atoms with Crippen LogP contribution in [-0.4, -0.2) is 46.2 Å². The molecule has 8 nitrogen and oxygen atoms in total. The molecule has 0 spiro atoms. The monoisotopic (exact) mass is 546 g/mol. The first-order valence-electron chi connectivity index (χ1n) is 11.7. The van der Waals surface area contributed by atoms with Crippen molar-refractivity contribution in [2.75, 3.05) is 13.2 Å². The van der Waals surface area contributed by atoms with Crippen LogP contribution in [0.4, 0.5) is 18.0 Å². The van der Waals surface area contributed by atoms with Gasteiger partial charge in [0.1, 0.15) is 18.2 Å². The molecular weight excluding hydrogens is 521 g/mol. The number of hydrogen-bond acceptors (Lipinski definition) is 7. The van der Waals surface area contributed by atoms with Crippen molar-refractivity contribution in [3.05, 3.63) is 70.1 Å². The molecule has 2 amide bonds. The number of aromatic nitrogens is 1. The summed E-state index contributed by atoms with van der Waals surface area (Å²) < 4.78 is 44.6. The van der Waals surface area contributed by atoms with E-state index >= 15 is 0 Å². The Balaban J connectivity index is 0.000000318. The number of ether oxygens (including phenoxy) is 1. The fourth-order valence-electron chi connectivity index (χ4n) is 4.09. The maximum absolute atomic E-state index is 14.4. The van der Waals surface area contributed by atoms with Crippen molar-refractivity contribution in [3.63, 3.8) is 0 Å². The lowest BCUT2D eigenvalue weighted by atomic mass is 10.0. The predicted molar refractivity (Wildman–Crippen MR) is 134 cm³/mol. The Morgan fingerprint density at radius 1 is 1.32 bits per heavy atom. The van der Waals surface area contributed by atoms with Gasteiger partial charge >= 0.3 is 6.09 Å². The van der Waals surface area contributed by atoms with Gasteiger partial charge in [0.15, 0.2) is 5.01 Å². The number of fused-ring (bicyclic) bond motifs is 1. The molecule has 0 unspecified atom stereocenters. The number of nitriles is 1. The lowest BCUT2D eigenvalue weighted by Gasteiger charge is -2.25. The van der Waals surface area contributed by atoms with Gasteiger partial charge in [-0.1, -0.05) is 12.1 Å². The summed E-state index contributed by atoms with van der Waals surface area (Å²) in [5, 5.41) is 21.0. The highest BCUT2D eigenvalue weighted by Crippen LogP contribution is 2.37. The second-order valence-electron chi connectivity index (χ2n) is 8.62. The smallest absolute Gasteiger partial charge is 0.410 e. The first kappa shape index (κ1) is 26.9. The van der Waals surface area contributed by atoms with Crippen molar-refractivity contribution >= 4 is 23.3 Å². The second kappa shape index (κ2) is 12.0. The van der Waals surface area contributed by atoms with Gasteiger partial charge in [0, 0.05) is 26.3 Å². The van der Waals surface area contributed by atoms with E-state index in [-0.39, 0.29) is 30.1 Å². The Hall–Kier alpha value is -4.11. The molecule has 0 radical (unpaired) electrons. The van der Waals surface area contributed by atoms with E-state index in [9.17, 15) is 27.9 Å². The van der Waals surface area contributed by atoms with Crippen LogP contribution in [0.15, 0.2) is 42.6 Å². The number of amides is 2. The average Bonchev–Trinajstić information content (AvgIpc) is 3.57. The summed E-state index contributed by atoms with van der Waals surface area (Å²) in [6.07, 6.45) is 1.77. The van der Waals surface area contributed by atoms with E-state index in [0.29, 0.717) is 35.1 Å². The number of rotatable bonds is 5. The molecule has 38 heavy (non-hydrogen) atoms. The van der Waals surface area contributed by atoms with Gasteiger partial charge in [-0.3, -0.25) is 4.79 Å². The number of carbonyl (C=O) groups is 2. The number of benzene rings is 2. The molecule has 2 aromatic carbocycles. The SMILES string of the molecule is N#Cc1ccc(CNC(=O)c2cc(O)c(-c3cnc(C(F)F)s3)cc2F)cc1.O=C1OC[C@@H]2CCCCN12.[HH]. The summed E-state index contributed by atoms with van der Waals surface area (Å²) >= 11 is 0.630. The van der Waals surface area contributed by atoms with E-state index in [1.54, 1.807) is 24.3 Å². The van der Waals surface area contributed by atoms with Gasteiger partial charge in [-0.2, -0.15) is 5.26 Å². The van der Waals surface area contributed by atoms with Gasteiger partial charge in [-0.25, -0.2) is 22.9 Å². The lowest BCUT2D eigenvalue weighted by molar-refractivity contribution is 0.0946. The van der Waals surface area contributed by atoms with E-state index in [1.165, 1.54) is 6.42 Å². The number of nitrogens with zero attached hydrogens (tertiary/aromatic N) is 3. The van der Waals surface area contributed by atoms with Gasteiger partial charge in [-0.15, -0.1) is 11.3 Å². The Morgan fingerprint density at radius 3 is 2.74 bits per heavy atom. The minimum atomic E-state index is -2.77. The number of nitrogens with one attached hydrogen (secondary N) is 1. The summed E-state index contributed by atoms with van der Waals surface area (Å²) in [4.78, 5) is 28.7. The lowest BCUT2D eigenvalue weighted by Crippen LogP contribution is -2.37. The summed E-state index contributed by atoms with van der Waals surface area (Å²) in [7, 11) is 0. The molecule has 2 saturated heterocycles. The van der Waals surface area contributed by atoms with Crippen LogP contribution in [-0.2, 0) is 11.3 Å². The second-order valence-corrected chi connectivity index (χ2v) is 9.69. The number of phenols is 1. The molecule has 2 fully saturated rings. The van der Waals surface area contributed by atoms with Crippen molar-refractivity contribution in [3.8, 4) is 22.3 Å². The maximum atomic E-state index is 14.4. The first-order valence-corrected chi connectivity index (χ1v) is 12.6. The summed E-state index contributed by atoms with van der Waals surface area (Å²) in [5.41, 5.74) is 0.775. The van der Waals surface area contributed by atoms with Gasteiger partial charge < -0.3 is 20.1 Å². The largest absolute Gasteiger partial charge is 0.507 e. The zero-order valence-electron chi connectivity index (χ0n) is 20.0. The predicted octanol–water partition coefficient (Wildman–Crippen LogP) is 5.63. The van der Waals surface area contributed by atoms with E-state index in [2.05, 4.69) is 10.3 Å². The topological polar surface area (TPSA) is 116 Å². The van der Waals surface area contributed by atoms with Crippen LogP contribution in [0.25, 0.3) is 10.4 Å². The van der Waals surface area contributed by atoms with Crippen molar-refractivity contribution in [1.82, 2.24) is 15.2 Å². The number of cyclic esters (lactones) is 1. The van der Waals surface area contributed by atoms with Crippen molar-refractivity contribution in [2.24, 2.45) is 0 Å². The fourth-order valence-corrected chi connectivity index (χ4v) is 4.88. The molecule has 3 aromatic rings. The van der Waals surface area contributed by atoms with Crippen LogP contribution in [0.1, 0.15) is 53.6 Å². The molecule has 1 atom stereocenters. The summed E-state index contributed by atoms with van der Waals surface area (Å²) in [6.45, 7) is 1.63. The van der Waals surface area contributed by atoms with Crippen molar-refractivity contribution in [2.45, 2.75) is 38.3 Å². The maximum Gasteiger partial charge on any atom is 0.410 e. The van der Waals surface area contributed by atoms with Gasteiger partial charge in [0.25, 0.3) is 12.3 Å². The highest BCUT2D eigenvalue weighted by Gasteiger charge is 2.34. The van der Waals surface area contributed by atoms with Crippen LogP contribution < -0.4 is 5.32 Å². The molecule has 12 heteroatoms. The zero-order valence-corrected chi connectivity index (χ0v) is 20.8. The molecular formula is C26H25F3N4O4S. The Morgan fingerprint density at radius 2 is 2.08 bits per heavy atom. The average molecular weight is 547 g/mol. The van der Waals surface area contributed by atoms with Crippen molar-refractivity contribution < 1.29 is 34.0 Å². The van der Waals surface area contributed by atoms with Crippen LogP contribution in [0, 0.1) is 17.1 Å². The van der Waals surface area contributed by atoms with Crippen LogP contribution in [0.3, 0.4) is 0 Å². The van der Waals surface area contributed by atoms with E-state index in [4.69, 9.17) is 10.00 Å². The number of thiazole rings is 1. The summed E-state index contributed by atoms with van der Waals surface area (Å²) in [5.74, 6) is -2.08. The Bertz CT molecular complexity index is 1360. The van der Waals surface area contributed by atoms with E-state index in [1.807, 2.05) is 11.0 Å². The number of aromatic hydroxyl groups is 1. The number of piperidine rings is 1. The zero-order chi connectivity index (χ0) is 27.2. The van der Waals surface area contributed by atoms with Gasteiger partial charge in [-0.05, 0) is 49.1 Å². The normalized spacial score (nSPS) is 16.2. The molecule has 200 valence electrons. The Kier molecular flexibility index (Phi) is 8.48. The number of carbonyl (C=O) groups excluding carboxylic acids is 2. The van der Waals surface area contributed by atoms with E-state index < -0.39 is 28.9 Å². The third-order valence-electron chi connectivity index (χ3n) is 6.10. The minimum absolute atomic E-state index is 0. The highest BCUT2D eigenvalue weighted by molar-refractivity contribution is 7.15. The molecule has 0 aliphatic carbocycles. The third-order valence-corrected chi connectivity index (χ3v) is 7.14. The van der Waals surface area contributed by atoms with Gasteiger partial charge in [0.2, 0.25) is 0 Å². The Labute approximate surface area is 221 Å². The first-order chi connectivity index (χ1) is 18.3. The third kappa shape index (κ3) is 6.23. The number of alkyl halides is 2. The quantitative estimate of drug-likeness (QED) is 0.429. The highest BCUT2D eigenvalue weighted by atomic mass is 32.1. The number of hydrogen-bond donors (Lipinski definition) is 2. The van der Waals surface area contributed by atoms with Crippen LogP contribution in [0.2, 0.25) is 0 Å². The fraction of sp³-hybridized carbons (Fsp3) is 0.308. The summed E-state index contributed by atoms with van der Waals surface area (Å²) in [6, 6.07) is 10.7. The molecule has 2 N–H and O–H groups in total. The van der Waals surface area contributed by atoms with Crippen molar-refractivity contribution in [1.29, 1.82) is 5.26 Å². The molecule has 3 heterocycles. The van der Waals surface area contributed by atoms with Crippen LogP contribution >= 0.6 is 11.3 Å². The molecule has 2 aliphatic heterocycles. The van der Waals surface area contributed by atoms with Crippen LogP contribution in [0.5, 0.6) is 5.75 Å². The molecule has 1 aromatic heterocycles.